The molecular formula is C9H12BrF2NO. The summed E-state index contributed by atoms with van der Waals surface area (Å²) in [7, 11) is 0. The highest BCUT2D eigenvalue weighted by Gasteiger charge is 2.32. The molecule has 1 heterocycles. The number of alkyl halides is 2. The lowest BCUT2D eigenvalue weighted by molar-refractivity contribution is 0.0608. The molecule has 14 heavy (non-hydrogen) atoms. The van der Waals surface area contributed by atoms with Gasteiger partial charge in [0.15, 0.2) is 4.67 Å². The van der Waals surface area contributed by atoms with Crippen LogP contribution in [0.3, 0.4) is 0 Å². The normalized spacial score (nSPS) is 15.9. The van der Waals surface area contributed by atoms with Crippen LogP contribution in [0, 0.1) is 6.92 Å². The molecule has 0 saturated carbocycles. The van der Waals surface area contributed by atoms with Gasteiger partial charge in [0.25, 0.3) is 6.43 Å². The van der Waals surface area contributed by atoms with Gasteiger partial charge in [-0.25, -0.2) is 8.78 Å². The second-order valence-electron chi connectivity index (χ2n) is 3.64. The van der Waals surface area contributed by atoms with Crippen LogP contribution in [0.25, 0.3) is 0 Å². The summed E-state index contributed by atoms with van der Waals surface area (Å²) in [6, 6.07) is 1.73. The summed E-state index contributed by atoms with van der Waals surface area (Å²) in [5.41, 5.74) is 4.73. The Morgan fingerprint density at radius 1 is 1.64 bits per heavy atom. The molecule has 1 unspecified atom stereocenters. The van der Waals surface area contributed by atoms with Crippen molar-refractivity contribution in [1.29, 1.82) is 0 Å². The van der Waals surface area contributed by atoms with Crippen LogP contribution in [0.5, 0.6) is 0 Å². The molecule has 0 saturated heterocycles. The van der Waals surface area contributed by atoms with Gasteiger partial charge in [0, 0.05) is 6.42 Å². The van der Waals surface area contributed by atoms with E-state index in [1.165, 1.54) is 6.92 Å². The van der Waals surface area contributed by atoms with Gasteiger partial charge in [-0.3, -0.25) is 0 Å². The fraction of sp³-hybridized carbons (Fsp3) is 0.556. The first-order valence-electron chi connectivity index (χ1n) is 4.15. The zero-order chi connectivity index (χ0) is 10.9. The van der Waals surface area contributed by atoms with E-state index in [9.17, 15) is 8.78 Å². The highest BCUT2D eigenvalue weighted by molar-refractivity contribution is 9.10. The Morgan fingerprint density at radius 2 is 2.21 bits per heavy atom. The largest absolute Gasteiger partial charge is 0.454 e. The van der Waals surface area contributed by atoms with Crippen molar-refractivity contribution in [2.75, 3.05) is 0 Å². The number of halogens is 3. The van der Waals surface area contributed by atoms with E-state index in [4.69, 9.17) is 10.2 Å². The first-order chi connectivity index (χ1) is 6.33. The first-order valence-corrected chi connectivity index (χ1v) is 4.94. The lowest BCUT2D eigenvalue weighted by Gasteiger charge is -2.22. The highest BCUT2D eigenvalue weighted by Crippen LogP contribution is 2.25. The number of nitrogens with two attached hydrogens (primary N) is 1. The van der Waals surface area contributed by atoms with E-state index in [0.717, 1.165) is 5.56 Å². The van der Waals surface area contributed by atoms with E-state index >= 15 is 0 Å². The van der Waals surface area contributed by atoms with Crippen molar-refractivity contribution < 1.29 is 13.2 Å². The molecule has 1 rings (SSSR count). The van der Waals surface area contributed by atoms with Gasteiger partial charge in [-0.15, -0.1) is 0 Å². The average Bonchev–Trinajstić information content (AvgIpc) is 2.29. The minimum absolute atomic E-state index is 0.0299. The lowest BCUT2D eigenvalue weighted by Crippen LogP contribution is -2.45. The minimum atomic E-state index is -2.56. The van der Waals surface area contributed by atoms with E-state index in [1.54, 1.807) is 13.0 Å². The molecule has 0 aliphatic carbocycles. The molecule has 2 nitrogen and oxygen atoms in total. The van der Waals surface area contributed by atoms with Crippen LogP contribution in [-0.4, -0.2) is 12.0 Å². The topological polar surface area (TPSA) is 39.2 Å². The van der Waals surface area contributed by atoms with Crippen molar-refractivity contribution in [3.63, 3.8) is 0 Å². The van der Waals surface area contributed by atoms with Crippen molar-refractivity contribution in [3.05, 3.63) is 22.1 Å². The van der Waals surface area contributed by atoms with Crippen molar-refractivity contribution in [2.45, 2.75) is 32.2 Å². The Balaban J connectivity index is 2.83. The molecule has 0 spiro atoms. The van der Waals surface area contributed by atoms with Crippen LogP contribution in [0.2, 0.25) is 0 Å². The maximum Gasteiger partial charge on any atom is 0.256 e. The Kier molecular flexibility index (Phi) is 3.32. The predicted octanol–water partition coefficient (Wildman–Crippen LogP) is 2.88. The summed E-state index contributed by atoms with van der Waals surface area (Å²) in [5.74, 6) is 0.502. The van der Waals surface area contributed by atoms with Gasteiger partial charge < -0.3 is 10.2 Å². The number of aryl methyl sites for hydroxylation is 1. The summed E-state index contributed by atoms with van der Waals surface area (Å²) in [5, 5.41) is 0. The molecule has 0 aromatic carbocycles. The molecular weight excluding hydrogens is 256 g/mol. The Bertz CT molecular complexity index is 323. The molecule has 5 heteroatoms. The maximum absolute atomic E-state index is 12.5. The van der Waals surface area contributed by atoms with Crippen LogP contribution in [0.4, 0.5) is 8.78 Å². The molecule has 0 amide bonds. The molecule has 0 aliphatic heterocycles. The zero-order valence-electron chi connectivity index (χ0n) is 7.98. The van der Waals surface area contributed by atoms with Gasteiger partial charge in [0.2, 0.25) is 0 Å². The molecule has 0 aliphatic rings. The molecule has 80 valence electrons. The summed E-state index contributed by atoms with van der Waals surface area (Å²) in [6.45, 7) is 3.11. The van der Waals surface area contributed by atoms with Gasteiger partial charge in [0.1, 0.15) is 5.76 Å². The van der Waals surface area contributed by atoms with E-state index in [1.807, 2.05) is 0 Å². The monoisotopic (exact) mass is 267 g/mol. The van der Waals surface area contributed by atoms with Crippen LogP contribution in [-0.2, 0) is 6.42 Å². The lowest BCUT2D eigenvalue weighted by atomic mass is 9.97. The van der Waals surface area contributed by atoms with Crippen molar-refractivity contribution in [2.24, 2.45) is 5.73 Å². The molecule has 1 aromatic rings. The third-order valence-corrected chi connectivity index (χ3v) is 2.42. The summed E-state index contributed by atoms with van der Waals surface area (Å²) >= 11 is 3.13. The minimum Gasteiger partial charge on any atom is -0.454 e. The summed E-state index contributed by atoms with van der Waals surface area (Å²) in [6.07, 6.45) is -2.53. The van der Waals surface area contributed by atoms with Gasteiger partial charge in [0.05, 0.1) is 5.54 Å². The summed E-state index contributed by atoms with van der Waals surface area (Å²) < 4.78 is 30.7. The fourth-order valence-corrected chi connectivity index (χ4v) is 1.62. The Labute approximate surface area is 89.6 Å². The van der Waals surface area contributed by atoms with Gasteiger partial charge in [-0.05, 0) is 41.4 Å². The van der Waals surface area contributed by atoms with Gasteiger partial charge in [-0.2, -0.15) is 0 Å². The van der Waals surface area contributed by atoms with E-state index < -0.39 is 12.0 Å². The quantitative estimate of drug-likeness (QED) is 0.915. The number of furan rings is 1. The third-order valence-electron chi connectivity index (χ3n) is 2.03. The second kappa shape index (κ2) is 3.98. The van der Waals surface area contributed by atoms with Crippen LogP contribution < -0.4 is 5.73 Å². The number of rotatable bonds is 3. The highest BCUT2D eigenvalue weighted by atomic mass is 79.9. The van der Waals surface area contributed by atoms with Crippen LogP contribution in [0.15, 0.2) is 15.2 Å². The second-order valence-corrected chi connectivity index (χ2v) is 4.42. The fourth-order valence-electron chi connectivity index (χ4n) is 1.08. The molecule has 0 bridgehead atoms. The molecule has 0 radical (unpaired) electrons. The molecule has 1 aromatic heterocycles. The summed E-state index contributed by atoms with van der Waals surface area (Å²) in [4.78, 5) is 0. The van der Waals surface area contributed by atoms with Gasteiger partial charge >= 0.3 is 0 Å². The number of hydrogen-bond donors (Lipinski definition) is 1. The number of hydrogen-bond acceptors (Lipinski definition) is 2. The molecule has 1 atom stereocenters. The SMILES string of the molecule is Cc1cc(Br)oc1CC(C)(N)C(F)F. The zero-order valence-corrected chi connectivity index (χ0v) is 9.57. The standard InChI is InChI=1S/C9H12BrF2NO/c1-5-3-7(10)14-6(5)4-9(2,13)8(11)12/h3,8H,4,13H2,1-2H3. The Morgan fingerprint density at radius 3 is 2.57 bits per heavy atom. The first kappa shape index (κ1) is 11.7. The maximum atomic E-state index is 12.5. The van der Waals surface area contributed by atoms with E-state index in [2.05, 4.69) is 15.9 Å². The Hall–Kier alpha value is -0.420. The van der Waals surface area contributed by atoms with Gasteiger partial charge in [-0.1, -0.05) is 0 Å². The van der Waals surface area contributed by atoms with Crippen molar-refractivity contribution >= 4 is 15.9 Å². The predicted molar refractivity (Wildman–Crippen MR) is 53.4 cm³/mol. The van der Waals surface area contributed by atoms with E-state index in [0.29, 0.717) is 10.4 Å². The van der Waals surface area contributed by atoms with E-state index in [-0.39, 0.29) is 6.42 Å². The molecule has 2 N–H and O–H groups in total. The average molecular weight is 268 g/mol. The van der Waals surface area contributed by atoms with Crippen molar-refractivity contribution in [1.82, 2.24) is 0 Å². The van der Waals surface area contributed by atoms with Crippen LogP contribution >= 0.6 is 15.9 Å². The third kappa shape index (κ3) is 2.54. The molecule has 0 fully saturated rings. The van der Waals surface area contributed by atoms with Crippen molar-refractivity contribution in [3.8, 4) is 0 Å². The smallest absolute Gasteiger partial charge is 0.256 e. The van der Waals surface area contributed by atoms with Crippen LogP contribution in [0.1, 0.15) is 18.2 Å².